The number of anilines is 2. The minimum Gasteiger partial charge on any atom is -0.491 e. The summed E-state index contributed by atoms with van der Waals surface area (Å²) in [6, 6.07) is 11.9. The molecule has 164 valence electrons. The standard InChI is InChI=1S/C25H27N5O2/c1-2-4-6-13-31-22-10-8-9-18-16-26-25(30-23(18)22)29-19-11-12-21-20(15-19)24(28-17-27-21)32-14-7-5-3-1/h8-12,15-17H,1-7,13-14H2,(H,26,29,30). The summed E-state index contributed by atoms with van der Waals surface area (Å²) in [5.74, 6) is 1.93. The predicted molar refractivity (Wildman–Crippen MR) is 126 cm³/mol. The van der Waals surface area contributed by atoms with Crippen LogP contribution in [-0.2, 0) is 0 Å². The molecule has 32 heavy (non-hydrogen) atoms. The Labute approximate surface area is 187 Å². The molecule has 3 heterocycles. The van der Waals surface area contributed by atoms with Gasteiger partial charge in [-0.25, -0.2) is 19.9 Å². The average Bonchev–Trinajstić information content (AvgIpc) is 2.82. The van der Waals surface area contributed by atoms with Gasteiger partial charge < -0.3 is 14.8 Å². The van der Waals surface area contributed by atoms with E-state index in [2.05, 4.69) is 20.3 Å². The molecule has 5 rings (SSSR count). The number of aromatic nitrogens is 4. The molecule has 2 aromatic heterocycles. The molecule has 1 aliphatic heterocycles. The number of benzene rings is 2. The first-order chi connectivity index (χ1) is 15.9. The van der Waals surface area contributed by atoms with E-state index in [9.17, 15) is 0 Å². The fraction of sp³-hybridized carbons (Fsp3) is 0.360. The van der Waals surface area contributed by atoms with Crippen molar-refractivity contribution in [2.24, 2.45) is 0 Å². The summed E-state index contributed by atoms with van der Waals surface area (Å²) in [5, 5.41) is 5.13. The van der Waals surface area contributed by atoms with Gasteiger partial charge in [-0.05, 0) is 37.1 Å². The summed E-state index contributed by atoms with van der Waals surface area (Å²) in [6.07, 6.45) is 11.5. The van der Waals surface area contributed by atoms with Crippen LogP contribution < -0.4 is 14.8 Å². The van der Waals surface area contributed by atoms with Crippen LogP contribution in [-0.4, -0.2) is 33.1 Å². The molecule has 0 spiro atoms. The zero-order valence-electron chi connectivity index (χ0n) is 18.1. The smallest absolute Gasteiger partial charge is 0.227 e. The van der Waals surface area contributed by atoms with Crippen molar-refractivity contribution in [1.82, 2.24) is 19.9 Å². The summed E-state index contributed by atoms with van der Waals surface area (Å²) >= 11 is 0. The topological polar surface area (TPSA) is 82.1 Å². The van der Waals surface area contributed by atoms with Crippen molar-refractivity contribution in [3.63, 3.8) is 0 Å². The van der Waals surface area contributed by atoms with E-state index < -0.39 is 0 Å². The Kier molecular flexibility index (Phi) is 6.23. The summed E-state index contributed by atoms with van der Waals surface area (Å²) in [5.41, 5.74) is 2.51. The summed E-state index contributed by atoms with van der Waals surface area (Å²) < 4.78 is 12.1. The van der Waals surface area contributed by atoms with Crippen LogP contribution in [0.1, 0.15) is 44.9 Å². The van der Waals surface area contributed by atoms with Gasteiger partial charge in [-0.1, -0.05) is 44.2 Å². The molecule has 2 aromatic carbocycles. The van der Waals surface area contributed by atoms with Gasteiger partial charge in [0.05, 0.1) is 24.1 Å². The Balaban J connectivity index is 1.48. The molecule has 0 saturated heterocycles. The molecule has 7 nitrogen and oxygen atoms in total. The van der Waals surface area contributed by atoms with Crippen molar-refractivity contribution in [1.29, 1.82) is 0 Å². The first kappa shape index (κ1) is 20.4. The number of nitrogens with zero attached hydrogens (tertiary/aromatic N) is 4. The molecule has 1 N–H and O–H groups in total. The average molecular weight is 430 g/mol. The number of hydrogen-bond donors (Lipinski definition) is 1. The largest absolute Gasteiger partial charge is 0.491 e. The molecule has 4 aromatic rings. The number of para-hydroxylation sites is 1. The van der Waals surface area contributed by atoms with E-state index in [1.54, 1.807) is 6.33 Å². The highest BCUT2D eigenvalue weighted by molar-refractivity contribution is 5.88. The number of fused-ring (bicyclic) bond motifs is 2. The van der Waals surface area contributed by atoms with E-state index in [-0.39, 0.29) is 0 Å². The lowest BCUT2D eigenvalue weighted by molar-refractivity contribution is 0.295. The second-order valence-corrected chi connectivity index (χ2v) is 8.10. The first-order valence-corrected chi connectivity index (χ1v) is 11.4. The van der Waals surface area contributed by atoms with Crippen molar-refractivity contribution in [2.45, 2.75) is 44.9 Å². The predicted octanol–water partition coefficient (Wildman–Crippen LogP) is 5.82. The number of nitrogens with one attached hydrogen (secondary N) is 1. The quantitative estimate of drug-likeness (QED) is 0.377. The van der Waals surface area contributed by atoms with Crippen LogP contribution in [0.2, 0.25) is 0 Å². The van der Waals surface area contributed by atoms with Gasteiger partial charge in [-0.2, -0.15) is 0 Å². The molecular weight excluding hydrogens is 402 g/mol. The monoisotopic (exact) mass is 429 g/mol. The van der Waals surface area contributed by atoms with Gasteiger partial charge >= 0.3 is 0 Å². The third-order valence-electron chi connectivity index (χ3n) is 5.71. The Morgan fingerprint density at radius 2 is 1.59 bits per heavy atom. The second-order valence-electron chi connectivity index (χ2n) is 8.10. The third-order valence-corrected chi connectivity index (χ3v) is 5.71. The lowest BCUT2D eigenvalue weighted by atomic mass is 10.1. The maximum absolute atomic E-state index is 6.08. The summed E-state index contributed by atoms with van der Waals surface area (Å²) in [6.45, 7) is 1.36. The third kappa shape index (κ3) is 4.72. The maximum atomic E-state index is 6.08. The van der Waals surface area contributed by atoms with Crippen LogP contribution in [0.25, 0.3) is 21.8 Å². The van der Waals surface area contributed by atoms with Crippen molar-refractivity contribution in [3.8, 4) is 11.6 Å². The Morgan fingerprint density at radius 1 is 0.781 bits per heavy atom. The summed E-state index contributed by atoms with van der Waals surface area (Å²) in [7, 11) is 0. The minimum absolute atomic E-state index is 0.515. The maximum Gasteiger partial charge on any atom is 0.227 e. The molecular formula is C25H27N5O2. The molecule has 1 aliphatic rings. The Hall–Kier alpha value is -3.48. The van der Waals surface area contributed by atoms with Crippen LogP contribution >= 0.6 is 0 Å². The number of rotatable bonds is 0. The first-order valence-electron chi connectivity index (χ1n) is 11.4. The molecule has 0 unspecified atom stereocenters. The van der Waals surface area contributed by atoms with Crippen molar-refractivity contribution in [2.75, 3.05) is 18.5 Å². The molecule has 7 heteroatoms. The van der Waals surface area contributed by atoms with Crippen LogP contribution in [0.3, 0.4) is 0 Å². The van der Waals surface area contributed by atoms with Crippen molar-refractivity contribution < 1.29 is 9.47 Å². The lowest BCUT2D eigenvalue weighted by Gasteiger charge is -2.12. The van der Waals surface area contributed by atoms with Gasteiger partial charge in [-0.15, -0.1) is 0 Å². The SMILES string of the molecule is c1cc2c3nc(ncc3c1)Nc1ccc3ncnc(c3c1)OCCCCCCCCCO2. The van der Waals surface area contributed by atoms with E-state index in [4.69, 9.17) is 14.5 Å². The fourth-order valence-electron chi connectivity index (χ4n) is 4.00. The van der Waals surface area contributed by atoms with Gasteiger partial charge in [0.25, 0.3) is 0 Å². The van der Waals surface area contributed by atoms with Crippen LogP contribution in [0.4, 0.5) is 11.6 Å². The molecule has 4 bridgehead atoms. The Morgan fingerprint density at radius 3 is 2.47 bits per heavy atom. The molecule has 0 amide bonds. The highest BCUT2D eigenvalue weighted by Gasteiger charge is 2.10. The normalized spacial score (nSPS) is 15.8. The number of ether oxygens (including phenoxy) is 2. The van der Waals surface area contributed by atoms with E-state index in [0.717, 1.165) is 46.1 Å². The molecule has 0 fully saturated rings. The highest BCUT2D eigenvalue weighted by atomic mass is 16.5. The van der Waals surface area contributed by atoms with Gasteiger partial charge in [0.2, 0.25) is 11.8 Å². The van der Waals surface area contributed by atoms with E-state index in [1.807, 2.05) is 42.6 Å². The zero-order chi connectivity index (χ0) is 21.6. The van der Waals surface area contributed by atoms with Gasteiger partial charge in [0.1, 0.15) is 17.6 Å². The molecule has 0 saturated carbocycles. The molecule has 0 atom stereocenters. The van der Waals surface area contributed by atoms with E-state index in [0.29, 0.717) is 25.0 Å². The Bertz CT molecular complexity index is 1120. The highest BCUT2D eigenvalue weighted by Crippen LogP contribution is 2.28. The van der Waals surface area contributed by atoms with Gasteiger partial charge in [0, 0.05) is 17.3 Å². The summed E-state index contributed by atoms with van der Waals surface area (Å²) in [4.78, 5) is 18.0. The van der Waals surface area contributed by atoms with E-state index >= 15 is 0 Å². The lowest BCUT2D eigenvalue weighted by Crippen LogP contribution is -2.03. The zero-order valence-corrected chi connectivity index (χ0v) is 18.1. The van der Waals surface area contributed by atoms with Gasteiger partial charge in [0.15, 0.2) is 0 Å². The number of hydrogen-bond acceptors (Lipinski definition) is 7. The second kappa shape index (κ2) is 9.77. The van der Waals surface area contributed by atoms with Crippen LogP contribution in [0.15, 0.2) is 48.9 Å². The van der Waals surface area contributed by atoms with Crippen LogP contribution in [0.5, 0.6) is 11.6 Å². The minimum atomic E-state index is 0.515. The van der Waals surface area contributed by atoms with Crippen LogP contribution in [0, 0.1) is 0 Å². The van der Waals surface area contributed by atoms with E-state index in [1.165, 1.54) is 32.1 Å². The molecule has 0 aliphatic carbocycles. The fourth-order valence-corrected chi connectivity index (χ4v) is 4.00. The van der Waals surface area contributed by atoms with Gasteiger partial charge in [-0.3, -0.25) is 0 Å². The van der Waals surface area contributed by atoms with Crippen molar-refractivity contribution in [3.05, 3.63) is 48.9 Å². The molecule has 0 radical (unpaired) electrons. The van der Waals surface area contributed by atoms with Crippen molar-refractivity contribution >= 4 is 33.4 Å².